The molecule has 138 valence electrons. The van der Waals surface area contributed by atoms with Crippen LogP contribution in [0.15, 0.2) is 24.3 Å². The van der Waals surface area contributed by atoms with Crippen LogP contribution in [-0.2, 0) is 9.53 Å². The zero-order valence-electron chi connectivity index (χ0n) is 15.6. The third-order valence-electron chi connectivity index (χ3n) is 3.45. The first kappa shape index (κ1) is 20.9. The molecule has 1 unspecified atom stereocenters. The van der Waals surface area contributed by atoms with Gasteiger partial charge in [0.05, 0.1) is 23.4 Å². The summed E-state index contributed by atoms with van der Waals surface area (Å²) in [6.07, 6.45) is -0.619. The predicted octanol–water partition coefficient (Wildman–Crippen LogP) is 3.88. The Hall–Kier alpha value is -2.15. The van der Waals surface area contributed by atoms with Crippen LogP contribution in [0.25, 0.3) is 10.2 Å². The van der Waals surface area contributed by atoms with E-state index in [4.69, 9.17) is 0 Å². The summed E-state index contributed by atoms with van der Waals surface area (Å²) in [5, 5.41) is 6.30. The van der Waals surface area contributed by atoms with Crippen LogP contribution in [0.4, 0.5) is 4.79 Å². The van der Waals surface area contributed by atoms with Gasteiger partial charge in [0, 0.05) is 0 Å². The van der Waals surface area contributed by atoms with Crippen molar-refractivity contribution >= 4 is 33.6 Å². The topological polar surface area (TPSA) is 80.3 Å². The summed E-state index contributed by atoms with van der Waals surface area (Å²) in [4.78, 5) is 28.3. The van der Waals surface area contributed by atoms with Crippen LogP contribution in [-0.4, -0.2) is 30.1 Å². The van der Waals surface area contributed by atoms with Crippen molar-refractivity contribution in [3.63, 3.8) is 0 Å². The molecule has 0 aliphatic rings. The minimum Gasteiger partial charge on any atom is -0.453 e. The van der Waals surface area contributed by atoms with Gasteiger partial charge in [0.2, 0.25) is 5.91 Å². The van der Waals surface area contributed by atoms with Crippen molar-refractivity contribution in [1.82, 2.24) is 15.6 Å². The molecule has 0 fully saturated rings. The van der Waals surface area contributed by atoms with Gasteiger partial charge in [-0.25, -0.2) is 9.78 Å². The Morgan fingerprint density at radius 2 is 1.76 bits per heavy atom. The van der Waals surface area contributed by atoms with E-state index in [1.807, 2.05) is 58.9 Å². The van der Waals surface area contributed by atoms with Gasteiger partial charge in [-0.05, 0) is 25.0 Å². The summed E-state index contributed by atoms with van der Waals surface area (Å²) in [6, 6.07) is 6.95. The number of carbonyl (C=O) groups is 2. The van der Waals surface area contributed by atoms with Crippen LogP contribution in [0, 0.1) is 5.92 Å². The van der Waals surface area contributed by atoms with E-state index >= 15 is 0 Å². The molecular formula is C18H27N3O3S. The molecule has 0 saturated carbocycles. The number of ether oxygens (including phenoxy) is 1. The Bertz CT molecular complexity index is 667. The number of fused-ring (bicyclic) bond motifs is 1. The highest BCUT2D eigenvalue weighted by Gasteiger charge is 2.26. The molecule has 0 saturated heterocycles. The molecule has 0 aliphatic heterocycles. The van der Waals surface area contributed by atoms with E-state index in [2.05, 4.69) is 20.4 Å². The normalized spacial score (nSPS) is 12.8. The largest absolute Gasteiger partial charge is 0.453 e. The molecule has 2 rings (SSSR count). The van der Waals surface area contributed by atoms with Gasteiger partial charge in [0.15, 0.2) is 0 Å². The van der Waals surface area contributed by atoms with Crippen molar-refractivity contribution in [3.05, 3.63) is 29.3 Å². The molecule has 1 aromatic carbocycles. The Labute approximate surface area is 153 Å². The summed E-state index contributed by atoms with van der Waals surface area (Å²) in [5.74, 6) is -0.311. The van der Waals surface area contributed by atoms with Crippen LogP contribution >= 0.6 is 11.3 Å². The molecule has 1 heterocycles. The average molecular weight is 365 g/mol. The minimum absolute atomic E-state index is 0.0586. The second-order valence-electron chi connectivity index (χ2n) is 5.61. The lowest BCUT2D eigenvalue weighted by Crippen LogP contribution is -2.50. The van der Waals surface area contributed by atoms with E-state index in [9.17, 15) is 9.59 Å². The first-order chi connectivity index (χ1) is 11.9. The number of para-hydroxylation sites is 1. The van der Waals surface area contributed by atoms with Crippen molar-refractivity contribution in [2.45, 2.75) is 46.7 Å². The van der Waals surface area contributed by atoms with E-state index in [0.717, 1.165) is 15.2 Å². The highest BCUT2D eigenvalue weighted by Crippen LogP contribution is 2.26. The second-order valence-corrected chi connectivity index (χ2v) is 6.67. The van der Waals surface area contributed by atoms with Gasteiger partial charge in [0.1, 0.15) is 11.0 Å². The van der Waals surface area contributed by atoms with Crippen LogP contribution in [0.1, 0.15) is 45.7 Å². The first-order valence-electron chi connectivity index (χ1n) is 8.42. The Balaban J connectivity index is 0.00000151. The quantitative estimate of drug-likeness (QED) is 0.842. The van der Waals surface area contributed by atoms with Gasteiger partial charge in [-0.1, -0.05) is 39.8 Å². The SMILES string of the molecule is CC.COC(=O)N[C@H](C(=O)NC(C)c1nc2ccccc2s1)C(C)C. The molecule has 2 aromatic rings. The fourth-order valence-corrected chi connectivity index (χ4v) is 3.13. The lowest BCUT2D eigenvalue weighted by atomic mass is 10.0. The highest BCUT2D eigenvalue weighted by molar-refractivity contribution is 7.18. The minimum atomic E-state index is -0.653. The number of thiazole rings is 1. The van der Waals surface area contributed by atoms with E-state index < -0.39 is 12.1 Å². The molecule has 7 heteroatoms. The van der Waals surface area contributed by atoms with E-state index in [1.165, 1.54) is 7.11 Å². The van der Waals surface area contributed by atoms with Crippen LogP contribution in [0.5, 0.6) is 0 Å². The maximum Gasteiger partial charge on any atom is 0.407 e. The van der Waals surface area contributed by atoms with Gasteiger partial charge >= 0.3 is 6.09 Å². The number of nitrogens with zero attached hydrogens (tertiary/aromatic N) is 1. The lowest BCUT2D eigenvalue weighted by Gasteiger charge is -2.22. The Morgan fingerprint density at radius 1 is 1.12 bits per heavy atom. The predicted molar refractivity (Wildman–Crippen MR) is 102 cm³/mol. The highest BCUT2D eigenvalue weighted by atomic mass is 32.1. The molecule has 2 atom stereocenters. The Kier molecular flexibility index (Phi) is 8.34. The van der Waals surface area contributed by atoms with Gasteiger partial charge in [-0.2, -0.15) is 0 Å². The summed E-state index contributed by atoms with van der Waals surface area (Å²) in [5.41, 5.74) is 0.918. The van der Waals surface area contributed by atoms with Gasteiger partial charge < -0.3 is 15.4 Å². The molecule has 0 spiro atoms. The summed E-state index contributed by atoms with van der Waals surface area (Å²) >= 11 is 1.55. The molecule has 2 amide bonds. The summed E-state index contributed by atoms with van der Waals surface area (Å²) in [7, 11) is 1.27. The number of alkyl carbamates (subject to hydrolysis) is 1. The van der Waals surface area contributed by atoms with Gasteiger partial charge in [-0.3, -0.25) is 4.79 Å². The fourth-order valence-electron chi connectivity index (χ4n) is 2.16. The molecule has 6 nitrogen and oxygen atoms in total. The van der Waals surface area contributed by atoms with Crippen LogP contribution in [0.3, 0.4) is 0 Å². The number of methoxy groups -OCH3 is 1. The van der Waals surface area contributed by atoms with Crippen molar-refractivity contribution < 1.29 is 14.3 Å². The molecule has 25 heavy (non-hydrogen) atoms. The monoisotopic (exact) mass is 365 g/mol. The molecule has 0 radical (unpaired) electrons. The fraction of sp³-hybridized carbons (Fsp3) is 0.500. The third-order valence-corrected chi connectivity index (χ3v) is 4.67. The molecule has 0 bridgehead atoms. The molecule has 0 aliphatic carbocycles. The average Bonchev–Trinajstić information content (AvgIpc) is 3.05. The molecule has 2 N–H and O–H groups in total. The zero-order valence-corrected chi connectivity index (χ0v) is 16.4. The Morgan fingerprint density at radius 3 is 2.32 bits per heavy atom. The maximum absolute atomic E-state index is 12.4. The smallest absolute Gasteiger partial charge is 0.407 e. The second kappa shape index (κ2) is 9.98. The number of benzene rings is 1. The summed E-state index contributed by atoms with van der Waals surface area (Å²) < 4.78 is 5.65. The first-order valence-corrected chi connectivity index (χ1v) is 9.24. The number of amides is 2. The van der Waals surface area contributed by atoms with Gasteiger partial charge in [-0.15, -0.1) is 11.3 Å². The van der Waals surface area contributed by atoms with E-state index in [1.54, 1.807) is 11.3 Å². The van der Waals surface area contributed by atoms with E-state index in [0.29, 0.717) is 0 Å². The zero-order chi connectivity index (χ0) is 19.0. The van der Waals surface area contributed by atoms with E-state index in [-0.39, 0.29) is 17.9 Å². The van der Waals surface area contributed by atoms with Crippen molar-refractivity contribution in [2.24, 2.45) is 5.92 Å². The maximum atomic E-state index is 12.4. The number of carbonyl (C=O) groups excluding carboxylic acids is 2. The number of aromatic nitrogens is 1. The lowest BCUT2D eigenvalue weighted by molar-refractivity contribution is -0.124. The standard InChI is InChI=1S/C16H21N3O3S.C2H6/c1-9(2)13(19-16(21)22-4)14(20)17-10(3)15-18-11-7-5-6-8-12(11)23-15;1-2/h5-10,13H,1-4H3,(H,17,20)(H,19,21);1-2H3/t10?,13-;/m0./s1. The number of hydrogen-bond donors (Lipinski definition) is 2. The molecule has 1 aromatic heterocycles. The van der Waals surface area contributed by atoms with Gasteiger partial charge in [0.25, 0.3) is 0 Å². The van der Waals surface area contributed by atoms with Crippen molar-refractivity contribution in [1.29, 1.82) is 0 Å². The molecular weight excluding hydrogens is 338 g/mol. The number of rotatable bonds is 5. The van der Waals surface area contributed by atoms with Crippen molar-refractivity contribution in [3.8, 4) is 0 Å². The summed E-state index contributed by atoms with van der Waals surface area (Å²) in [6.45, 7) is 9.61. The van der Waals surface area contributed by atoms with Crippen molar-refractivity contribution in [2.75, 3.05) is 7.11 Å². The third kappa shape index (κ3) is 5.70. The van der Waals surface area contributed by atoms with Crippen LogP contribution in [0.2, 0.25) is 0 Å². The number of hydrogen-bond acceptors (Lipinski definition) is 5. The number of nitrogens with one attached hydrogen (secondary N) is 2. The van der Waals surface area contributed by atoms with Crippen LogP contribution < -0.4 is 10.6 Å².